The van der Waals surface area contributed by atoms with Gasteiger partial charge in [0.25, 0.3) is 0 Å². The molecule has 28 heavy (non-hydrogen) atoms. The lowest BCUT2D eigenvalue weighted by Gasteiger charge is -2.40. The van der Waals surface area contributed by atoms with Gasteiger partial charge in [-0.25, -0.2) is 0 Å². The molecule has 0 aromatic heterocycles. The summed E-state index contributed by atoms with van der Waals surface area (Å²) >= 11 is 0. The van der Waals surface area contributed by atoms with Gasteiger partial charge in [0.05, 0.1) is 5.69 Å². The molecule has 2 nitrogen and oxygen atoms in total. The van der Waals surface area contributed by atoms with Crippen LogP contribution in [0.1, 0.15) is 49.3 Å². The van der Waals surface area contributed by atoms with Crippen LogP contribution in [0, 0.1) is 12.3 Å². The van der Waals surface area contributed by atoms with Gasteiger partial charge in [0.2, 0.25) is 0 Å². The zero-order valence-corrected chi connectivity index (χ0v) is 16.7. The van der Waals surface area contributed by atoms with E-state index in [4.69, 9.17) is 0 Å². The lowest BCUT2D eigenvalue weighted by molar-refractivity contribution is -0.118. The van der Waals surface area contributed by atoms with E-state index in [1.807, 2.05) is 0 Å². The number of hydrogen-bond donors (Lipinski definition) is 1. The van der Waals surface area contributed by atoms with Crippen molar-refractivity contribution in [2.75, 3.05) is 5.32 Å². The second kappa shape index (κ2) is 6.07. The van der Waals surface area contributed by atoms with Gasteiger partial charge in [-0.3, -0.25) is 4.79 Å². The maximum absolute atomic E-state index is 13.3. The highest BCUT2D eigenvalue weighted by molar-refractivity contribution is 6.05. The van der Waals surface area contributed by atoms with Crippen molar-refractivity contribution in [3.8, 4) is 0 Å². The molecule has 3 aromatic rings. The minimum Gasteiger partial charge on any atom is -0.358 e. The molecule has 2 heteroatoms. The van der Waals surface area contributed by atoms with E-state index in [9.17, 15) is 4.79 Å². The molecule has 0 spiro atoms. The van der Waals surface area contributed by atoms with E-state index in [2.05, 4.69) is 86.8 Å². The van der Waals surface area contributed by atoms with Crippen molar-refractivity contribution in [1.29, 1.82) is 0 Å². The van der Waals surface area contributed by atoms with Crippen LogP contribution >= 0.6 is 0 Å². The molecule has 1 unspecified atom stereocenters. The first-order chi connectivity index (χ1) is 13.4. The zero-order chi connectivity index (χ0) is 19.5. The first kappa shape index (κ1) is 17.2. The fraction of sp³-hybridized carbons (Fsp3) is 0.269. The number of carbonyl (C=O) groups excluding carboxylic acids is 1. The van der Waals surface area contributed by atoms with Gasteiger partial charge in [0, 0.05) is 29.0 Å². The van der Waals surface area contributed by atoms with Gasteiger partial charge in [0.1, 0.15) is 0 Å². The largest absolute Gasteiger partial charge is 0.358 e. The molecule has 1 aliphatic heterocycles. The maximum Gasteiger partial charge on any atom is 0.162 e. The molecule has 2 aliphatic rings. The summed E-state index contributed by atoms with van der Waals surface area (Å²) in [4.78, 5) is 13.3. The smallest absolute Gasteiger partial charge is 0.162 e. The highest BCUT2D eigenvalue weighted by atomic mass is 16.1. The average molecular weight is 367 g/mol. The van der Waals surface area contributed by atoms with Gasteiger partial charge in [-0.2, -0.15) is 0 Å². The van der Waals surface area contributed by atoms with Gasteiger partial charge >= 0.3 is 0 Å². The molecule has 1 heterocycles. The number of anilines is 1. The molecule has 0 saturated heterocycles. The lowest BCUT2D eigenvalue weighted by atomic mass is 9.68. The molecule has 0 radical (unpaired) electrons. The Morgan fingerprint density at radius 3 is 2.46 bits per heavy atom. The SMILES string of the molecule is Cc1ccccc1C1C2=C(CC(C)(C)CC2=O)Nc2c1ccc1ccccc21. The van der Waals surface area contributed by atoms with E-state index in [0.29, 0.717) is 6.42 Å². The maximum atomic E-state index is 13.3. The summed E-state index contributed by atoms with van der Waals surface area (Å²) in [5, 5.41) is 6.15. The van der Waals surface area contributed by atoms with Crippen LogP contribution in [0.3, 0.4) is 0 Å². The fourth-order valence-electron chi connectivity index (χ4n) is 4.99. The third kappa shape index (κ3) is 2.59. The van der Waals surface area contributed by atoms with Crippen LogP contribution in [0.15, 0.2) is 71.9 Å². The van der Waals surface area contributed by atoms with Crippen LogP contribution in [-0.2, 0) is 4.79 Å². The highest BCUT2D eigenvalue weighted by Gasteiger charge is 2.41. The molecule has 0 amide bonds. The van der Waals surface area contributed by atoms with E-state index in [1.165, 1.54) is 27.5 Å². The number of ketones is 1. The van der Waals surface area contributed by atoms with Gasteiger partial charge in [-0.1, -0.05) is 74.5 Å². The summed E-state index contributed by atoms with van der Waals surface area (Å²) in [6, 6.07) is 21.4. The summed E-state index contributed by atoms with van der Waals surface area (Å²) in [5.74, 6) is 0.284. The van der Waals surface area contributed by atoms with E-state index >= 15 is 0 Å². The molecule has 0 fully saturated rings. The molecular formula is C26H25NO. The standard InChI is InChI=1S/C26H25NO/c1-16-8-4-6-10-18(16)23-20-13-12-17-9-5-7-11-19(17)25(20)27-21-14-26(2,3)15-22(28)24(21)23/h4-13,23,27H,14-15H2,1-3H3. The minimum atomic E-state index is -0.0126. The Morgan fingerprint density at radius 2 is 1.64 bits per heavy atom. The van der Waals surface area contributed by atoms with Gasteiger partial charge in [-0.15, -0.1) is 0 Å². The van der Waals surface area contributed by atoms with Gasteiger partial charge in [-0.05, 0) is 40.8 Å². The lowest BCUT2D eigenvalue weighted by Crippen LogP contribution is -2.34. The van der Waals surface area contributed by atoms with Crippen molar-refractivity contribution in [1.82, 2.24) is 0 Å². The molecule has 1 aliphatic carbocycles. The van der Waals surface area contributed by atoms with Crippen molar-refractivity contribution in [3.05, 3.63) is 88.6 Å². The molecular weight excluding hydrogens is 342 g/mol. The van der Waals surface area contributed by atoms with Crippen LogP contribution in [0.4, 0.5) is 5.69 Å². The number of hydrogen-bond acceptors (Lipinski definition) is 2. The number of Topliss-reactive ketones (excluding diaryl/α,β-unsaturated/α-hetero) is 1. The number of carbonyl (C=O) groups is 1. The Hall–Kier alpha value is -2.87. The van der Waals surface area contributed by atoms with Crippen LogP contribution in [0.25, 0.3) is 10.8 Å². The Morgan fingerprint density at radius 1 is 0.893 bits per heavy atom. The third-order valence-electron chi connectivity index (χ3n) is 6.26. The Bertz CT molecular complexity index is 1150. The monoisotopic (exact) mass is 367 g/mol. The summed E-state index contributed by atoms with van der Waals surface area (Å²) in [6.07, 6.45) is 1.51. The highest BCUT2D eigenvalue weighted by Crippen LogP contribution is 2.50. The topological polar surface area (TPSA) is 29.1 Å². The fourth-order valence-corrected chi connectivity index (χ4v) is 4.99. The molecule has 5 rings (SSSR count). The Balaban J connectivity index is 1.82. The average Bonchev–Trinajstić information content (AvgIpc) is 2.66. The predicted molar refractivity (Wildman–Crippen MR) is 116 cm³/mol. The Kier molecular flexibility index (Phi) is 3.74. The molecule has 1 N–H and O–H groups in total. The summed E-state index contributed by atoms with van der Waals surface area (Å²) in [5.41, 5.74) is 6.91. The number of benzene rings is 3. The minimum absolute atomic E-state index is 0.000608. The van der Waals surface area contributed by atoms with Crippen molar-refractivity contribution in [2.24, 2.45) is 5.41 Å². The molecule has 140 valence electrons. The summed E-state index contributed by atoms with van der Waals surface area (Å²) in [6.45, 7) is 6.53. The first-order valence-electron chi connectivity index (χ1n) is 10.0. The molecule has 0 saturated carbocycles. The van der Waals surface area contributed by atoms with Crippen molar-refractivity contribution >= 4 is 22.2 Å². The quantitative estimate of drug-likeness (QED) is 0.543. The zero-order valence-electron chi connectivity index (χ0n) is 16.7. The van der Waals surface area contributed by atoms with E-state index < -0.39 is 0 Å². The van der Waals surface area contributed by atoms with E-state index in [-0.39, 0.29) is 17.1 Å². The van der Waals surface area contributed by atoms with Crippen molar-refractivity contribution in [2.45, 2.75) is 39.5 Å². The number of aryl methyl sites for hydroxylation is 1. The number of nitrogens with one attached hydrogen (secondary N) is 1. The molecule has 0 bridgehead atoms. The third-order valence-corrected chi connectivity index (χ3v) is 6.26. The second-order valence-corrected chi connectivity index (χ2v) is 9.00. The second-order valence-electron chi connectivity index (χ2n) is 9.00. The summed E-state index contributed by atoms with van der Waals surface area (Å²) < 4.78 is 0. The normalized spacial score (nSPS) is 20.5. The first-order valence-corrected chi connectivity index (χ1v) is 10.0. The predicted octanol–water partition coefficient (Wildman–Crippen LogP) is 6.35. The van der Waals surface area contributed by atoms with Crippen molar-refractivity contribution in [3.63, 3.8) is 0 Å². The van der Waals surface area contributed by atoms with E-state index in [0.717, 1.165) is 23.4 Å². The van der Waals surface area contributed by atoms with Crippen LogP contribution in [0.2, 0.25) is 0 Å². The van der Waals surface area contributed by atoms with Crippen LogP contribution < -0.4 is 5.32 Å². The Labute approximate surface area is 166 Å². The van der Waals surface area contributed by atoms with Crippen LogP contribution in [0.5, 0.6) is 0 Å². The number of fused-ring (bicyclic) bond motifs is 3. The summed E-state index contributed by atoms with van der Waals surface area (Å²) in [7, 11) is 0. The van der Waals surface area contributed by atoms with Gasteiger partial charge < -0.3 is 5.32 Å². The molecule has 1 atom stereocenters. The van der Waals surface area contributed by atoms with E-state index in [1.54, 1.807) is 0 Å². The van der Waals surface area contributed by atoms with Crippen molar-refractivity contribution < 1.29 is 4.79 Å². The van der Waals surface area contributed by atoms with Crippen LogP contribution in [-0.4, -0.2) is 5.78 Å². The number of allylic oxidation sites excluding steroid dienone is 2. The number of rotatable bonds is 1. The van der Waals surface area contributed by atoms with Gasteiger partial charge in [0.15, 0.2) is 5.78 Å². The molecule has 3 aromatic carbocycles.